The standard InChI is InChI=1S/C11H7BrN2O2S2/c12-9-1-3-10(4-2-9)18(15,16)14-11-8(7-13)5-6-17-11/h1-6,14H. The van der Waals surface area contributed by atoms with Gasteiger partial charge in [-0.1, -0.05) is 15.9 Å². The molecule has 0 amide bonds. The van der Waals surface area contributed by atoms with Crippen LogP contribution in [-0.4, -0.2) is 8.42 Å². The summed E-state index contributed by atoms with van der Waals surface area (Å²) in [6.07, 6.45) is 0. The van der Waals surface area contributed by atoms with Crippen LogP contribution in [0.3, 0.4) is 0 Å². The van der Waals surface area contributed by atoms with Crippen LogP contribution in [0.4, 0.5) is 5.00 Å². The Kier molecular flexibility index (Phi) is 3.71. The number of nitrogens with zero attached hydrogens (tertiary/aromatic N) is 1. The van der Waals surface area contributed by atoms with Crippen molar-refractivity contribution in [2.45, 2.75) is 4.90 Å². The lowest BCUT2D eigenvalue weighted by atomic mass is 10.4. The quantitative estimate of drug-likeness (QED) is 0.931. The maximum Gasteiger partial charge on any atom is 0.262 e. The largest absolute Gasteiger partial charge is 0.269 e. The Morgan fingerprint density at radius 1 is 1.22 bits per heavy atom. The number of halogens is 1. The van der Waals surface area contributed by atoms with Crippen molar-refractivity contribution < 1.29 is 8.42 Å². The second kappa shape index (κ2) is 5.10. The molecule has 1 aromatic carbocycles. The van der Waals surface area contributed by atoms with Crippen LogP contribution >= 0.6 is 27.3 Å². The Hall–Kier alpha value is -1.36. The fourth-order valence-electron chi connectivity index (χ4n) is 1.27. The van der Waals surface area contributed by atoms with Gasteiger partial charge in [-0.3, -0.25) is 4.72 Å². The highest BCUT2D eigenvalue weighted by atomic mass is 79.9. The Bertz CT molecular complexity index is 699. The van der Waals surface area contributed by atoms with E-state index in [0.29, 0.717) is 10.6 Å². The highest BCUT2D eigenvalue weighted by Crippen LogP contribution is 2.25. The molecule has 1 heterocycles. The van der Waals surface area contributed by atoms with Crippen molar-refractivity contribution in [2.75, 3.05) is 4.72 Å². The summed E-state index contributed by atoms with van der Waals surface area (Å²) in [5.74, 6) is 0. The van der Waals surface area contributed by atoms with Gasteiger partial charge in [-0.15, -0.1) is 11.3 Å². The summed E-state index contributed by atoms with van der Waals surface area (Å²) >= 11 is 4.42. The first-order chi connectivity index (χ1) is 8.53. The average molecular weight is 343 g/mol. The van der Waals surface area contributed by atoms with Crippen LogP contribution in [0.2, 0.25) is 0 Å². The normalized spacial score (nSPS) is 10.9. The molecule has 2 rings (SSSR count). The first kappa shape index (κ1) is 13.1. The van der Waals surface area contributed by atoms with E-state index in [0.717, 1.165) is 4.47 Å². The number of anilines is 1. The Morgan fingerprint density at radius 2 is 1.89 bits per heavy atom. The second-order valence-corrected chi connectivity index (χ2v) is 6.85. The molecule has 92 valence electrons. The molecule has 0 saturated heterocycles. The van der Waals surface area contributed by atoms with E-state index in [1.165, 1.54) is 23.5 Å². The summed E-state index contributed by atoms with van der Waals surface area (Å²) in [5, 5.41) is 10.8. The number of sulfonamides is 1. The van der Waals surface area contributed by atoms with E-state index >= 15 is 0 Å². The minimum atomic E-state index is -3.64. The lowest BCUT2D eigenvalue weighted by molar-refractivity contribution is 0.601. The molecule has 0 unspecified atom stereocenters. The van der Waals surface area contributed by atoms with Gasteiger partial charge in [0.25, 0.3) is 10.0 Å². The molecule has 0 radical (unpaired) electrons. The highest BCUT2D eigenvalue weighted by Gasteiger charge is 2.16. The summed E-state index contributed by atoms with van der Waals surface area (Å²) in [4.78, 5) is 0.156. The summed E-state index contributed by atoms with van der Waals surface area (Å²) in [7, 11) is -3.64. The number of thiophene rings is 1. The highest BCUT2D eigenvalue weighted by molar-refractivity contribution is 9.10. The zero-order valence-corrected chi connectivity index (χ0v) is 12.1. The van der Waals surface area contributed by atoms with Crippen LogP contribution < -0.4 is 4.72 Å². The molecule has 0 atom stereocenters. The smallest absolute Gasteiger partial charge is 0.262 e. The van der Waals surface area contributed by atoms with Crippen molar-refractivity contribution in [3.05, 3.63) is 45.7 Å². The Morgan fingerprint density at radius 3 is 2.50 bits per heavy atom. The van der Waals surface area contributed by atoms with Gasteiger partial charge < -0.3 is 0 Å². The number of hydrogen-bond donors (Lipinski definition) is 1. The van der Waals surface area contributed by atoms with Crippen molar-refractivity contribution in [3.63, 3.8) is 0 Å². The first-order valence-corrected chi connectivity index (χ1v) is 7.94. The van der Waals surface area contributed by atoms with Crippen LogP contribution in [0.15, 0.2) is 45.1 Å². The van der Waals surface area contributed by atoms with Crippen molar-refractivity contribution in [2.24, 2.45) is 0 Å². The van der Waals surface area contributed by atoms with Gasteiger partial charge in [-0.2, -0.15) is 5.26 Å². The predicted molar refractivity (Wildman–Crippen MR) is 74.0 cm³/mol. The van der Waals surface area contributed by atoms with Crippen LogP contribution in [-0.2, 0) is 10.0 Å². The van der Waals surface area contributed by atoms with E-state index in [4.69, 9.17) is 5.26 Å². The summed E-state index contributed by atoms with van der Waals surface area (Å²) in [6, 6.07) is 9.79. The van der Waals surface area contributed by atoms with Gasteiger partial charge in [0.2, 0.25) is 0 Å². The average Bonchev–Trinajstić information content (AvgIpc) is 2.76. The molecule has 4 nitrogen and oxygen atoms in total. The number of rotatable bonds is 3. The number of nitriles is 1. The molecule has 2 aromatic rings. The molecule has 0 fully saturated rings. The van der Waals surface area contributed by atoms with Gasteiger partial charge in [0.15, 0.2) is 0 Å². The first-order valence-electron chi connectivity index (χ1n) is 4.79. The lowest BCUT2D eigenvalue weighted by Gasteiger charge is -2.06. The molecule has 0 saturated carbocycles. The molecule has 0 aliphatic heterocycles. The second-order valence-electron chi connectivity index (χ2n) is 3.33. The molecule has 7 heteroatoms. The van der Waals surface area contributed by atoms with Gasteiger partial charge in [0.1, 0.15) is 11.1 Å². The van der Waals surface area contributed by atoms with E-state index in [1.807, 2.05) is 6.07 Å². The van der Waals surface area contributed by atoms with E-state index in [9.17, 15) is 8.42 Å². The van der Waals surface area contributed by atoms with E-state index in [1.54, 1.807) is 23.6 Å². The van der Waals surface area contributed by atoms with Gasteiger partial charge >= 0.3 is 0 Å². The van der Waals surface area contributed by atoms with Crippen molar-refractivity contribution in [1.82, 2.24) is 0 Å². The monoisotopic (exact) mass is 342 g/mol. The predicted octanol–water partition coefficient (Wildman–Crippen LogP) is 3.18. The molecule has 0 spiro atoms. The number of benzene rings is 1. The van der Waals surface area contributed by atoms with Crippen LogP contribution in [0.1, 0.15) is 5.56 Å². The van der Waals surface area contributed by atoms with Crippen molar-refractivity contribution >= 4 is 42.3 Å². The lowest BCUT2D eigenvalue weighted by Crippen LogP contribution is -2.12. The Balaban J connectivity index is 2.34. The van der Waals surface area contributed by atoms with Gasteiger partial charge in [-0.25, -0.2) is 8.42 Å². The van der Waals surface area contributed by atoms with Crippen molar-refractivity contribution in [1.29, 1.82) is 5.26 Å². The molecule has 0 aliphatic rings. The molecule has 0 bridgehead atoms. The maximum atomic E-state index is 12.0. The molecule has 0 aliphatic carbocycles. The van der Waals surface area contributed by atoms with Crippen molar-refractivity contribution in [3.8, 4) is 6.07 Å². The number of nitrogens with one attached hydrogen (secondary N) is 1. The zero-order valence-electron chi connectivity index (χ0n) is 8.92. The van der Waals surface area contributed by atoms with Gasteiger partial charge in [-0.05, 0) is 35.7 Å². The third-order valence-electron chi connectivity index (χ3n) is 2.14. The van der Waals surface area contributed by atoms with E-state index < -0.39 is 10.0 Å². The van der Waals surface area contributed by atoms with Gasteiger partial charge in [0.05, 0.1) is 10.5 Å². The summed E-state index contributed by atoms with van der Waals surface area (Å²) < 4.78 is 27.3. The van der Waals surface area contributed by atoms with E-state index in [-0.39, 0.29) is 4.90 Å². The Labute approximate surface area is 117 Å². The van der Waals surface area contributed by atoms with Crippen LogP contribution in [0.25, 0.3) is 0 Å². The molecular weight excluding hydrogens is 336 g/mol. The summed E-state index contributed by atoms with van der Waals surface area (Å²) in [6.45, 7) is 0. The third kappa shape index (κ3) is 2.72. The molecule has 1 N–H and O–H groups in total. The topological polar surface area (TPSA) is 70.0 Å². The SMILES string of the molecule is N#Cc1ccsc1NS(=O)(=O)c1ccc(Br)cc1. The fourth-order valence-corrected chi connectivity index (χ4v) is 3.60. The molecule has 1 aromatic heterocycles. The zero-order chi connectivity index (χ0) is 13.2. The maximum absolute atomic E-state index is 12.0. The number of hydrogen-bond acceptors (Lipinski definition) is 4. The molecule has 18 heavy (non-hydrogen) atoms. The summed E-state index contributed by atoms with van der Waals surface area (Å²) in [5.41, 5.74) is 0.320. The minimum absolute atomic E-state index is 0.156. The fraction of sp³-hybridized carbons (Fsp3) is 0. The van der Waals surface area contributed by atoms with Crippen LogP contribution in [0.5, 0.6) is 0 Å². The van der Waals surface area contributed by atoms with Crippen LogP contribution in [0, 0.1) is 11.3 Å². The van der Waals surface area contributed by atoms with E-state index in [2.05, 4.69) is 20.7 Å². The third-order valence-corrected chi connectivity index (χ3v) is 4.99. The van der Waals surface area contributed by atoms with Gasteiger partial charge in [0, 0.05) is 4.47 Å². The molecular formula is C11H7BrN2O2S2. The minimum Gasteiger partial charge on any atom is -0.269 e.